The monoisotopic (exact) mass is 456 g/mol. The number of rotatable bonds is 5. The first-order valence-electron chi connectivity index (χ1n) is 7.95. The van der Waals surface area contributed by atoms with Crippen molar-refractivity contribution in [1.29, 1.82) is 0 Å². The lowest BCUT2D eigenvalue weighted by atomic mass is 10.1. The van der Waals surface area contributed by atoms with Crippen LogP contribution < -0.4 is 10.1 Å². The molecule has 2 aromatic carbocycles. The van der Waals surface area contributed by atoms with E-state index in [1.807, 2.05) is 0 Å². The second-order valence-electron chi connectivity index (χ2n) is 5.83. The van der Waals surface area contributed by atoms with E-state index in [0.717, 1.165) is 17.0 Å². The van der Waals surface area contributed by atoms with Gasteiger partial charge in [0.2, 0.25) is 5.91 Å². The van der Waals surface area contributed by atoms with Crippen molar-refractivity contribution in [3.8, 4) is 5.75 Å². The lowest BCUT2D eigenvalue weighted by molar-refractivity contribution is -0.274. The second kappa shape index (κ2) is 7.63. The molecule has 0 aromatic heterocycles. The Labute approximate surface area is 165 Å². The van der Waals surface area contributed by atoms with Crippen LogP contribution in [0.2, 0.25) is 0 Å². The van der Waals surface area contributed by atoms with Gasteiger partial charge in [0.05, 0.1) is 11.1 Å². The third-order valence-electron chi connectivity index (χ3n) is 3.85. The number of amides is 3. The van der Waals surface area contributed by atoms with Crippen LogP contribution in [0, 0.1) is 0 Å². The van der Waals surface area contributed by atoms with Crippen LogP contribution >= 0.6 is 15.9 Å². The number of ether oxygens (including phenoxy) is 1. The average molecular weight is 457 g/mol. The fourth-order valence-electron chi connectivity index (χ4n) is 2.67. The Morgan fingerprint density at radius 3 is 2.50 bits per heavy atom. The summed E-state index contributed by atoms with van der Waals surface area (Å²) in [4.78, 5) is 37.7. The van der Waals surface area contributed by atoms with Gasteiger partial charge < -0.3 is 10.1 Å². The van der Waals surface area contributed by atoms with Crippen molar-refractivity contribution in [3.05, 3.63) is 58.1 Å². The Hall–Kier alpha value is -2.88. The standard InChI is InChI=1S/C18H12BrF3N2O4/c19-10-4-5-13-14(8-10)17(27)24(16(13)26)7-6-15(25)23-11-2-1-3-12(9-11)28-18(20,21)22/h1-5,8-9H,6-7H2,(H,23,25). The quantitative estimate of drug-likeness (QED) is 0.690. The summed E-state index contributed by atoms with van der Waals surface area (Å²) in [7, 11) is 0. The van der Waals surface area contributed by atoms with Gasteiger partial charge in [0.15, 0.2) is 0 Å². The smallest absolute Gasteiger partial charge is 0.406 e. The van der Waals surface area contributed by atoms with Crippen LogP contribution in [0.1, 0.15) is 27.1 Å². The van der Waals surface area contributed by atoms with E-state index in [9.17, 15) is 27.6 Å². The number of benzene rings is 2. The molecule has 0 atom stereocenters. The summed E-state index contributed by atoms with van der Waals surface area (Å²) in [6.45, 7) is -0.158. The molecule has 0 aliphatic carbocycles. The number of fused-ring (bicyclic) bond motifs is 1. The van der Waals surface area contributed by atoms with Crippen molar-refractivity contribution < 1.29 is 32.3 Å². The molecule has 0 fully saturated rings. The summed E-state index contributed by atoms with van der Waals surface area (Å²) in [6, 6.07) is 9.48. The van der Waals surface area contributed by atoms with Gasteiger partial charge in [0.25, 0.3) is 11.8 Å². The molecule has 6 nitrogen and oxygen atoms in total. The molecule has 0 saturated carbocycles. The number of alkyl halides is 3. The summed E-state index contributed by atoms with van der Waals surface area (Å²) >= 11 is 3.23. The molecule has 146 valence electrons. The molecule has 0 unspecified atom stereocenters. The highest BCUT2D eigenvalue weighted by Crippen LogP contribution is 2.27. The molecular weight excluding hydrogens is 445 g/mol. The first-order valence-corrected chi connectivity index (χ1v) is 8.75. The van der Waals surface area contributed by atoms with Crippen LogP contribution in [0.4, 0.5) is 18.9 Å². The largest absolute Gasteiger partial charge is 0.573 e. The molecule has 0 radical (unpaired) electrons. The Balaban J connectivity index is 1.60. The molecule has 0 bridgehead atoms. The molecule has 1 aliphatic heterocycles. The molecule has 1 aliphatic rings. The number of carbonyl (C=O) groups is 3. The Bertz CT molecular complexity index is 962. The second-order valence-corrected chi connectivity index (χ2v) is 6.74. The summed E-state index contributed by atoms with van der Waals surface area (Å²) in [5, 5.41) is 2.41. The van der Waals surface area contributed by atoms with Crippen molar-refractivity contribution in [1.82, 2.24) is 4.90 Å². The first-order chi connectivity index (χ1) is 13.1. The predicted octanol–water partition coefficient (Wildman–Crippen LogP) is 3.97. The zero-order valence-corrected chi connectivity index (χ0v) is 15.6. The molecule has 1 heterocycles. The van der Waals surface area contributed by atoms with E-state index in [1.54, 1.807) is 6.07 Å². The Kier molecular flexibility index (Phi) is 5.41. The van der Waals surface area contributed by atoms with E-state index in [4.69, 9.17) is 0 Å². The molecule has 10 heteroatoms. The number of halogens is 4. The molecule has 3 amide bonds. The number of nitrogens with one attached hydrogen (secondary N) is 1. The summed E-state index contributed by atoms with van der Waals surface area (Å²) < 4.78 is 41.2. The highest BCUT2D eigenvalue weighted by Gasteiger charge is 2.35. The normalized spacial score (nSPS) is 13.5. The maximum Gasteiger partial charge on any atom is 0.573 e. The van der Waals surface area contributed by atoms with Gasteiger partial charge >= 0.3 is 6.36 Å². The number of hydrogen-bond acceptors (Lipinski definition) is 4. The van der Waals surface area contributed by atoms with Crippen LogP contribution in [-0.2, 0) is 4.79 Å². The van der Waals surface area contributed by atoms with Crippen molar-refractivity contribution in [2.45, 2.75) is 12.8 Å². The van der Waals surface area contributed by atoms with Gasteiger partial charge in [-0.15, -0.1) is 13.2 Å². The van der Waals surface area contributed by atoms with Crippen LogP contribution in [0.3, 0.4) is 0 Å². The summed E-state index contributed by atoms with van der Waals surface area (Å²) in [5.74, 6) is -2.05. The van der Waals surface area contributed by atoms with E-state index in [0.29, 0.717) is 4.47 Å². The fraction of sp³-hybridized carbons (Fsp3) is 0.167. The molecule has 3 rings (SSSR count). The van der Waals surface area contributed by atoms with Crippen molar-refractivity contribution in [2.75, 3.05) is 11.9 Å². The maximum atomic E-state index is 12.3. The van der Waals surface area contributed by atoms with Crippen molar-refractivity contribution in [2.24, 2.45) is 0 Å². The van der Waals surface area contributed by atoms with E-state index in [1.165, 1.54) is 24.3 Å². The number of nitrogens with zero attached hydrogens (tertiary/aromatic N) is 1. The van der Waals surface area contributed by atoms with Crippen LogP contribution in [0.5, 0.6) is 5.75 Å². The molecule has 2 aromatic rings. The number of hydrogen-bond donors (Lipinski definition) is 1. The van der Waals surface area contributed by atoms with Crippen LogP contribution in [0.15, 0.2) is 46.9 Å². The SMILES string of the molecule is O=C(CCN1C(=O)c2ccc(Br)cc2C1=O)Nc1cccc(OC(F)(F)F)c1. The highest BCUT2D eigenvalue weighted by molar-refractivity contribution is 9.10. The third-order valence-corrected chi connectivity index (χ3v) is 4.34. The summed E-state index contributed by atoms with van der Waals surface area (Å²) in [6.07, 6.45) is -5.06. The first kappa shape index (κ1) is 19.9. The third kappa shape index (κ3) is 4.50. The van der Waals surface area contributed by atoms with Crippen molar-refractivity contribution in [3.63, 3.8) is 0 Å². The fourth-order valence-corrected chi connectivity index (χ4v) is 3.03. The highest BCUT2D eigenvalue weighted by atomic mass is 79.9. The van der Waals surface area contributed by atoms with Gasteiger partial charge in [-0.1, -0.05) is 22.0 Å². The van der Waals surface area contributed by atoms with Gasteiger partial charge in [-0.05, 0) is 30.3 Å². The lowest BCUT2D eigenvalue weighted by Gasteiger charge is -2.14. The Morgan fingerprint density at radius 2 is 1.79 bits per heavy atom. The summed E-state index contributed by atoms with van der Waals surface area (Å²) in [5.41, 5.74) is 0.598. The van der Waals surface area contributed by atoms with Crippen LogP contribution in [-0.4, -0.2) is 35.5 Å². The lowest BCUT2D eigenvalue weighted by Crippen LogP contribution is -2.32. The molecule has 28 heavy (non-hydrogen) atoms. The Morgan fingerprint density at radius 1 is 1.07 bits per heavy atom. The van der Waals surface area contributed by atoms with Gasteiger partial charge in [-0.2, -0.15) is 0 Å². The number of imide groups is 1. The van der Waals surface area contributed by atoms with E-state index >= 15 is 0 Å². The zero-order chi connectivity index (χ0) is 20.5. The minimum absolute atomic E-state index is 0.0954. The van der Waals surface area contributed by atoms with Gasteiger partial charge in [0.1, 0.15) is 5.75 Å². The molecule has 0 saturated heterocycles. The average Bonchev–Trinajstić information content (AvgIpc) is 2.82. The molecular formula is C18H12BrF3N2O4. The molecule has 0 spiro atoms. The van der Waals surface area contributed by atoms with Gasteiger partial charge in [-0.3, -0.25) is 19.3 Å². The number of carbonyl (C=O) groups excluding carboxylic acids is 3. The van der Waals surface area contributed by atoms with E-state index in [-0.39, 0.29) is 29.8 Å². The minimum Gasteiger partial charge on any atom is -0.406 e. The topological polar surface area (TPSA) is 75.7 Å². The van der Waals surface area contributed by atoms with Crippen molar-refractivity contribution >= 4 is 39.3 Å². The van der Waals surface area contributed by atoms with E-state index < -0.39 is 29.8 Å². The molecule has 1 N–H and O–H groups in total. The predicted molar refractivity (Wildman–Crippen MR) is 95.9 cm³/mol. The number of anilines is 1. The van der Waals surface area contributed by atoms with Gasteiger partial charge in [0, 0.05) is 29.2 Å². The maximum absolute atomic E-state index is 12.3. The minimum atomic E-state index is -4.84. The van der Waals surface area contributed by atoms with Gasteiger partial charge in [-0.25, -0.2) is 0 Å². The van der Waals surface area contributed by atoms with E-state index in [2.05, 4.69) is 26.0 Å². The van der Waals surface area contributed by atoms with Crippen LogP contribution in [0.25, 0.3) is 0 Å². The zero-order valence-electron chi connectivity index (χ0n) is 14.0.